The Morgan fingerprint density at radius 1 is 1.42 bits per heavy atom. The summed E-state index contributed by atoms with van der Waals surface area (Å²) in [6, 6.07) is 0. The van der Waals surface area contributed by atoms with Crippen molar-refractivity contribution in [3.05, 3.63) is 15.9 Å². The molecule has 0 radical (unpaired) electrons. The second-order valence-electron chi connectivity index (χ2n) is 5.49. The van der Waals surface area contributed by atoms with E-state index < -0.39 is 6.10 Å². The van der Waals surface area contributed by atoms with Gasteiger partial charge in [0, 0.05) is 18.5 Å². The van der Waals surface area contributed by atoms with Crippen molar-refractivity contribution in [3.8, 4) is 0 Å². The Kier molecular flexibility index (Phi) is 5.59. The lowest BCUT2D eigenvalue weighted by Crippen LogP contribution is -2.51. The Morgan fingerprint density at radius 3 is 2.42 bits per heavy atom. The van der Waals surface area contributed by atoms with Gasteiger partial charge in [0.1, 0.15) is 0 Å². The Balaban J connectivity index is 3.02. The zero-order valence-corrected chi connectivity index (χ0v) is 14.5. The first kappa shape index (κ1) is 16.7. The molecule has 5 heteroatoms. The number of aryl methyl sites for hydroxylation is 2. The minimum Gasteiger partial charge on any atom is -0.391 e. The number of aliphatic hydroxyl groups is 1. The number of aromatic nitrogens is 2. The number of hydrogen-bond donors (Lipinski definition) is 1. The first-order chi connectivity index (χ1) is 8.77. The third-order valence-electron chi connectivity index (χ3n) is 4.29. The van der Waals surface area contributed by atoms with Gasteiger partial charge in [-0.2, -0.15) is 5.10 Å². The maximum atomic E-state index is 10.6. The van der Waals surface area contributed by atoms with Crippen molar-refractivity contribution in [2.24, 2.45) is 0 Å². The monoisotopic (exact) mass is 331 g/mol. The van der Waals surface area contributed by atoms with Crippen LogP contribution in [0.3, 0.4) is 0 Å². The molecule has 0 fully saturated rings. The molecule has 0 spiro atoms. The van der Waals surface area contributed by atoms with Crippen LogP contribution in [0, 0.1) is 6.92 Å². The van der Waals surface area contributed by atoms with E-state index in [0.29, 0.717) is 6.42 Å². The third kappa shape index (κ3) is 3.20. The van der Waals surface area contributed by atoms with Crippen LogP contribution in [0.15, 0.2) is 4.47 Å². The first-order valence-electron chi connectivity index (χ1n) is 6.85. The molecule has 0 amide bonds. The van der Waals surface area contributed by atoms with E-state index >= 15 is 0 Å². The van der Waals surface area contributed by atoms with Crippen molar-refractivity contribution >= 4 is 15.9 Å². The fraction of sp³-hybridized carbons (Fsp3) is 0.786. The van der Waals surface area contributed by atoms with Crippen molar-refractivity contribution in [2.45, 2.75) is 58.7 Å². The SMILES string of the molecule is CCn1nc(C)c(Br)c1CC(O)C(C)(CC)N(C)C. The lowest BCUT2D eigenvalue weighted by molar-refractivity contribution is 0.00181. The van der Waals surface area contributed by atoms with E-state index in [0.717, 1.165) is 28.8 Å². The molecule has 0 aliphatic rings. The van der Waals surface area contributed by atoms with Crippen molar-refractivity contribution in [3.63, 3.8) is 0 Å². The fourth-order valence-electron chi connectivity index (χ4n) is 2.32. The van der Waals surface area contributed by atoms with E-state index in [1.807, 2.05) is 25.7 Å². The molecule has 0 bridgehead atoms. The Bertz CT molecular complexity index is 431. The van der Waals surface area contributed by atoms with E-state index in [1.54, 1.807) is 0 Å². The van der Waals surface area contributed by atoms with Gasteiger partial charge in [0.25, 0.3) is 0 Å². The minimum absolute atomic E-state index is 0.226. The molecule has 110 valence electrons. The molecular weight excluding hydrogens is 306 g/mol. The molecule has 2 atom stereocenters. The van der Waals surface area contributed by atoms with E-state index in [9.17, 15) is 5.11 Å². The Labute approximate surface area is 124 Å². The molecule has 4 nitrogen and oxygen atoms in total. The van der Waals surface area contributed by atoms with Crippen LogP contribution in [0.4, 0.5) is 0 Å². The van der Waals surface area contributed by atoms with Gasteiger partial charge in [0.05, 0.1) is 22.0 Å². The summed E-state index contributed by atoms with van der Waals surface area (Å²) in [5, 5.41) is 15.1. The molecular formula is C14H26BrN3O. The van der Waals surface area contributed by atoms with Gasteiger partial charge in [-0.1, -0.05) is 6.92 Å². The molecule has 19 heavy (non-hydrogen) atoms. The summed E-state index contributed by atoms with van der Waals surface area (Å²) in [5.41, 5.74) is 1.83. The number of likely N-dealkylation sites (N-methyl/N-ethyl adjacent to an activating group) is 1. The lowest BCUT2D eigenvalue weighted by Gasteiger charge is -2.40. The highest BCUT2D eigenvalue weighted by Gasteiger charge is 2.34. The summed E-state index contributed by atoms with van der Waals surface area (Å²) < 4.78 is 2.99. The van der Waals surface area contributed by atoms with Gasteiger partial charge in [0.2, 0.25) is 0 Å². The summed E-state index contributed by atoms with van der Waals surface area (Å²) >= 11 is 3.59. The average molecular weight is 332 g/mol. The van der Waals surface area contributed by atoms with Crippen LogP contribution in [0.25, 0.3) is 0 Å². The molecule has 0 aliphatic heterocycles. The Morgan fingerprint density at radius 2 is 2.00 bits per heavy atom. The predicted molar refractivity (Wildman–Crippen MR) is 82.4 cm³/mol. The minimum atomic E-state index is -0.426. The highest BCUT2D eigenvalue weighted by Crippen LogP contribution is 2.28. The highest BCUT2D eigenvalue weighted by atomic mass is 79.9. The van der Waals surface area contributed by atoms with Gasteiger partial charge in [-0.05, 0) is 57.2 Å². The van der Waals surface area contributed by atoms with Crippen LogP contribution in [-0.2, 0) is 13.0 Å². The van der Waals surface area contributed by atoms with Gasteiger partial charge in [-0.25, -0.2) is 0 Å². The third-order valence-corrected chi connectivity index (χ3v) is 5.33. The van der Waals surface area contributed by atoms with E-state index in [1.165, 1.54) is 0 Å². The summed E-state index contributed by atoms with van der Waals surface area (Å²) in [6.45, 7) is 9.09. The normalized spacial score (nSPS) is 16.7. The molecule has 0 saturated heterocycles. The van der Waals surface area contributed by atoms with Crippen molar-refractivity contribution in [1.82, 2.24) is 14.7 Å². The fourth-order valence-corrected chi connectivity index (χ4v) is 2.76. The maximum Gasteiger partial charge on any atom is 0.0776 e. The molecule has 0 aromatic carbocycles. The van der Waals surface area contributed by atoms with Crippen LogP contribution in [-0.4, -0.2) is 45.5 Å². The number of aliphatic hydroxyl groups excluding tert-OH is 1. The van der Waals surface area contributed by atoms with Crippen LogP contribution >= 0.6 is 15.9 Å². The molecule has 1 heterocycles. The average Bonchev–Trinajstić information content (AvgIpc) is 2.64. The molecule has 2 unspecified atom stereocenters. The van der Waals surface area contributed by atoms with E-state index in [4.69, 9.17) is 0 Å². The number of halogens is 1. The van der Waals surface area contributed by atoms with Gasteiger partial charge in [-0.15, -0.1) is 0 Å². The summed E-state index contributed by atoms with van der Waals surface area (Å²) in [7, 11) is 4.04. The molecule has 0 saturated carbocycles. The lowest BCUT2D eigenvalue weighted by atomic mass is 9.87. The first-order valence-corrected chi connectivity index (χ1v) is 7.64. The molecule has 1 aromatic heterocycles. The van der Waals surface area contributed by atoms with Crippen LogP contribution in [0.5, 0.6) is 0 Å². The predicted octanol–water partition coefficient (Wildman–Crippen LogP) is 2.61. The topological polar surface area (TPSA) is 41.3 Å². The summed E-state index contributed by atoms with van der Waals surface area (Å²) in [4.78, 5) is 2.10. The van der Waals surface area contributed by atoms with E-state index in [2.05, 4.69) is 46.7 Å². The zero-order chi connectivity index (χ0) is 14.8. The van der Waals surface area contributed by atoms with Crippen LogP contribution < -0.4 is 0 Å². The molecule has 0 aliphatic carbocycles. The smallest absolute Gasteiger partial charge is 0.0776 e. The van der Waals surface area contributed by atoms with Gasteiger partial charge in [-0.3, -0.25) is 4.68 Å². The second-order valence-corrected chi connectivity index (χ2v) is 6.28. The zero-order valence-electron chi connectivity index (χ0n) is 12.9. The van der Waals surface area contributed by atoms with Crippen LogP contribution in [0.1, 0.15) is 38.6 Å². The largest absolute Gasteiger partial charge is 0.391 e. The number of hydrogen-bond acceptors (Lipinski definition) is 3. The molecule has 1 aromatic rings. The molecule has 1 N–H and O–H groups in total. The standard InChI is InChI=1S/C14H26BrN3O/c1-7-14(4,17(5)6)12(19)9-11-13(15)10(3)16-18(11)8-2/h12,19H,7-9H2,1-6H3. The summed E-state index contributed by atoms with van der Waals surface area (Å²) in [6.07, 6.45) is 1.08. The molecule has 1 rings (SSSR count). The highest BCUT2D eigenvalue weighted by molar-refractivity contribution is 9.10. The number of nitrogens with zero attached hydrogens (tertiary/aromatic N) is 3. The summed E-state index contributed by atoms with van der Waals surface area (Å²) in [5.74, 6) is 0. The number of rotatable bonds is 6. The van der Waals surface area contributed by atoms with Crippen molar-refractivity contribution < 1.29 is 5.11 Å². The van der Waals surface area contributed by atoms with Gasteiger partial charge >= 0.3 is 0 Å². The van der Waals surface area contributed by atoms with Crippen molar-refractivity contribution in [1.29, 1.82) is 0 Å². The van der Waals surface area contributed by atoms with E-state index in [-0.39, 0.29) is 5.54 Å². The second kappa shape index (κ2) is 6.37. The van der Waals surface area contributed by atoms with Gasteiger partial charge < -0.3 is 10.0 Å². The quantitative estimate of drug-likeness (QED) is 0.871. The van der Waals surface area contributed by atoms with Gasteiger partial charge in [0.15, 0.2) is 0 Å². The van der Waals surface area contributed by atoms with Crippen LogP contribution in [0.2, 0.25) is 0 Å². The van der Waals surface area contributed by atoms with Crippen molar-refractivity contribution in [2.75, 3.05) is 14.1 Å². The maximum absolute atomic E-state index is 10.6. The Hall–Kier alpha value is -0.390.